The Bertz CT molecular complexity index is 255. The van der Waals surface area contributed by atoms with Gasteiger partial charge in [0, 0.05) is 17.2 Å². The van der Waals surface area contributed by atoms with Crippen molar-refractivity contribution in [3.63, 3.8) is 0 Å². The Kier molecular flexibility index (Phi) is 7.99. The second kappa shape index (κ2) is 7.73. The molecule has 0 aliphatic rings. The molecule has 0 heterocycles. The van der Waals surface area contributed by atoms with Gasteiger partial charge in [0.1, 0.15) is 0 Å². The molecular formula is C8H18ClNO3S2. The Morgan fingerprint density at radius 3 is 2.53 bits per heavy atom. The number of halogens is 1. The van der Waals surface area contributed by atoms with Crippen molar-refractivity contribution in [3.8, 4) is 0 Å². The highest BCUT2D eigenvalue weighted by molar-refractivity contribution is 7.99. The van der Waals surface area contributed by atoms with E-state index in [0.29, 0.717) is 12.3 Å². The molecule has 0 aromatic rings. The lowest BCUT2D eigenvalue weighted by molar-refractivity contribution is 0.282. The molecule has 92 valence electrons. The fraction of sp³-hybridized carbons (Fsp3) is 1.00. The predicted octanol–water partition coefficient (Wildman–Crippen LogP) is 0.647. The smallest absolute Gasteiger partial charge is 0.211 e. The lowest BCUT2D eigenvalue weighted by Gasteiger charge is -2.20. The van der Waals surface area contributed by atoms with Gasteiger partial charge in [-0.25, -0.2) is 13.1 Å². The molecule has 0 aromatic heterocycles. The van der Waals surface area contributed by atoms with Crippen LogP contribution < -0.4 is 4.72 Å². The number of hydrogen-bond donors (Lipinski definition) is 2. The van der Waals surface area contributed by atoms with Gasteiger partial charge in [-0.3, -0.25) is 0 Å². The SMILES string of the molecule is CSC(CO)C(C)NS(=O)(=O)CCCCl. The molecule has 0 bridgehead atoms. The highest BCUT2D eigenvalue weighted by Crippen LogP contribution is 2.11. The van der Waals surface area contributed by atoms with Gasteiger partial charge in [0.05, 0.1) is 12.4 Å². The molecule has 0 radical (unpaired) electrons. The zero-order chi connectivity index (χ0) is 11.9. The van der Waals surface area contributed by atoms with Crippen LogP contribution in [0.1, 0.15) is 13.3 Å². The van der Waals surface area contributed by atoms with Crippen LogP contribution in [-0.2, 0) is 10.0 Å². The van der Waals surface area contributed by atoms with Crippen LogP contribution in [0.5, 0.6) is 0 Å². The summed E-state index contributed by atoms with van der Waals surface area (Å²) in [7, 11) is -3.27. The molecule has 0 saturated heterocycles. The molecule has 2 N–H and O–H groups in total. The third-order valence-corrected chi connectivity index (χ3v) is 4.94. The van der Waals surface area contributed by atoms with E-state index in [1.165, 1.54) is 11.8 Å². The van der Waals surface area contributed by atoms with E-state index < -0.39 is 10.0 Å². The first kappa shape index (κ1) is 15.5. The van der Waals surface area contributed by atoms with E-state index in [4.69, 9.17) is 16.7 Å². The van der Waals surface area contributed by atoms with Crippen molar-refractivity contribution in [2.45, 2.75) is 24.6 Å². The van der Waals surface area contributed by atoms with Crippen molar-refractivity contribution in [3.05, 3.63) is 0 Å². The molecule has 0 amide bonds. The van der Waals surface area contributed by atoms with E-state index in [-0.39, 0.29) is 23.7 Å². The number of aliphatic hydroxyl groups is 1. The molecule has 0 saturated carbocycles. The maximum Gasteiger partial charge on any atom is 0.211 e. The van der Waals surface area contributed by atoms with Gasteiger partial charge < -0.3 is 5.11 Å². The van der Waals surface area contributed by atoms with Gasteiger partial charge in [-0.15, -0.1) is 11.6 Å². The summed E-state index contributed by atoms with van der Waals surface area (Å²) in [5, 5.41) is 8.88. The lowest BCUT2D eigenvalue weighted by atomic mass is 10.3. The van der Waals surface area contributed by atoms with Crippen LogP contribution in [0.4, 0.5) is 0 Å². The van der Waals surface area contributed by atoms with E-state index in [1.807, 2.05) is 6.26 Å². The Hall–Kier alpha value is 0.510. The molecule has 0 aromatic carbocycles. The normalized spacial score (nSPS) is 16.3. The van der Waals surface area contributed by atoms with Crippen molar-refractivity contribution in [2.75, 3.05) is 24.5 Å². The molecule has 0 fully saturated rings. The van der Waals surface area contributed by atoms with Crippen LogP contribution in [0.15, 0.2) is 0 Å². The van der Waals surface area contributed by atoms with Gasteiger partial charge in [-0.2, -0.15) is 11.8 Å². The van der Waals surface area contributed by atoms with Crippen LogP contribution in [-0.4, -0.2) is 49.3 Å². The van der Waals surface area contributed by atoms with Gasteiger partial charge in [0.2, 0.25) is 10.0 Å². The molecule has 0 spiro atoms. The van der Waals surface area contributed by atoms with Gasteiger partial charge in [-0.1, -0.05) is 0 Å². The van der Waals surface area contributed by atoms with Crippen molar-refractivity contribution in [1.29, 1.82) is 0 Å². The lowest BCUT2D eigenvalue weighted by Crippen LogP contribution is -2.42. The molecule has 0 rings (SSSR count). The first-order valence-corrected chi connectivity index (χ1v) is 8.14. The van der Waals surface area contributed by atoms with Gasteiger partial charge in [-0.05, 0) is 19.6 Å². The van der Waals surface area contributed by atoms with Gasteiger partial charge in [0.25, 0.3) is 0 Å². The second-order valence-electron chi connectivity index (χ2n) is 3.22. The zero-order valence-electron chi connectivity index (χ0n) is 8.94. The molecule has 15 heavy (non-hydrogen) atoms. The van der Waals surface area contributed by atoms with Crippen LogP contribution in [0.3, 0.4) is 0 Å². The fourth-order valence-corrected chi connectivity index (χ4v) is 3.48. The number of alkyl halides is 1. The number of aliphatic hydroxyl groups excluding tert-OH is 1. The van der Waals surface area contributed by atoms with Crippen LogP contribution in [0, 0.1) is 0 Å². The number of nitrogens with one attached hydrogen (secondary N) is 1. The number of hydrogen-bond acceptors (Lipinski definition) is 4. The first-order chi connectivity index (χ1) is 6.96. The average molecular weight is 276 g/mol. The van der Waals surface area contributed by atoms with E-state index in [1.54, 1.807) is 6.92 Å². The average Bonchev–Trinajstić information content (AvgIpc) is 2.16. The summed E-state index contributed by atoms with van der Waals surface area (Å²) in [5.41, 5.74) is 0. The molecular weight excluding hydrogens is 258 g/mol. The highest BCUT2D eigenvalue weighted by atomic mass is 35.5. The molecule has 2 unspecified atom stereocenters. The summed E-state index contributed by atoms with van der Waals surface area (Å²) in [5.74, 6) is 0.370. The maximum atomic E-state index is 11.5. The zero-order valence-corrected chi connectivity index (χ0v) is 11.3. The minimum absolute atomic E-state index is 0.0351. The second-order valence-corrected chi connectivity index (χ2v) is 6.55. The molecule has 7 heteroatoms. The molecule has 2 atom stereocenters. The van der Waals surface area contributed by atoms with E-state index in [0.717, 1.165) is 0 Å². The van der Waals surface area contributed by atoms with Crippen molar-refractivity contribution < 1.29 is 13.5 Å². The van der Waals surface area contributed by atoms with Crippen LogP contribution in [0.25, 0.3) is 0 Å². The van der Waals surface area contributed by atoms with Gasteiger partial charge in [0.15, 0.2) is 0 Å². The van der Waals surface area contributed by atoms with E-state index >= 15 is 0 Å². The Morgan fingerprint density at radius 2 is 2.13 bits per heavy atom. The number of sulfonamides is 1. The summed E-state index contributed by atoms with van der Waals surface area (Å²) < 4.78 is 25.5. The van der Waals surface area contributed by atoms with E-state index in [9.17, 15) is 8.42 Å². The summed E-state index contributed by atoms with van der Waals surface area (Å²) in [6.07, 6.45) is 2.27. The Labute approximate surface area is 101 Å². The molecule has 0 aliphatic heterocycles. The van der Waals surface area contributed by atoms with Gasteiger partial charge >= 0.3 is 0 Å². The topological polar surface area (TPSA) is 66.4 Å². The number of thioether (sulfide) groups is 1. The largest absolute Gasteiger partial charge is 0.395 e. The minimum atomic E-state index is -3.27. The molecule has 4 nitrogen and oxygen atoms in total. The van der Waals surface area contributed by atoms with Crippen molar-refractivity contribution in [1.82, 2.24) is 4.72 Å². The predicted molar refractivity (Wildman–Crippen MR) is 66.1 cm³/mol. The van der Waals surface area contributed by atoms with E-state index in [2.05, 4.69) is 4.72 Å². The van der Waals surface area contributed by atoms with Crippen molar-refractivity contribution >= 4 is 33.4 Å². The summed E-state index contributed by atoms with van der Waals surface area (Å²) in [6, 6.07) is -0.273. The standard InChI is InChI=1S/C8H18ClNO3S2/c1-7(8(6-11)14-2)10-15(12,13)5-3-4-9/h7-8,10-11H,3-6H2,1-2H3. The monoisotopic (exact) mass is 275 g/mol. The highest BCUT2D eigenvalue weighted by Gasteiger charge is 2.20. The summed E-state index contributed by atoms with van der Waals surface area (Å²) in [4.78, 5) is 0. The van der Waals surface area contributed by atoms with Crippen molar-refractivity contribution in [2.24, 2.45) is 0 Å². The third kappa shape index (κ3) is 6.63. The Balaban J connectivity index is 4.19. The quantitative estimate of drug-likeness (QED) is 0.639. The van der Waals surface area contributed by atoms with Crippen LogP contribution in [0.2, 0.25) is 0 Å². The summed E-state index contributed by atoms with van der Waals surface area (Å²) >= 11 is 6.86. The fourth-order valence-electron chi connectivity index (χ4n) is 1.10. The molecule has 0 aliphatic carbocycles. The minimum Gasteiger partial charge on any atom is -0.395 e. The van der Waals surface area contributed by atoms with Crippen LogP contribution >= 0.6 is 23.4 Å². The Morgan fingerprint density at radius 1 is 1.53 bits per heavy atom. The third-order valence-electron chi connectivity index (χ3n) is 1.95. The maximum absolute atomic E-state index is 11.5. The number of rotatable bonds is 8. The summed E-state index contributed by atoms with van der Waals surface area (Å²) in [6.45, 7) is 1.70. The first-order valence-electron chi connectivity index (χ1n) is 4.66.